The van der Waals surface area contributed by atoms with Crippen LogP contribution in [0.5, 0.6) is 0 Å². The van der Waals surface area contributed by atoms with E-state index in [4.69, 9.17) is 14.2 Å². The summed E-state index contributed by atoms with van der Waals surface area (Å²) < 4.78 is 17.0. The summed E-state index contributed by atoms with van der Waals surface area (Å²) in [6.45, 7) is 6.33. The highest BCUT2D eigenvalue weighted by Gasteiger charge is 2.70. The van der Waals surface area contributed by atoms with Crippen LogP contribution in [0.15, 0.2) is 11.6 Å². The second kappa shape index (κ2) is 8.96. The summed E-state index contributed by atoms with van der Waals surface area (Å²) in [5.74, 6) is 0.0978. The second-order valence-corrected chi connectivity index (χ2v) is 13.7. The molecule has 4 aliphatic carbocycles. The molecule has 5 fully saturated rings. The van der Waals surface area contributed by atoms with Crippen LogP contribution < -0.4 is 0 Å². The van der Waals surface area contributed by atoms with Crippen molar-refractivity contribution in [1.82, 2.24) is 0 Å². The number of aliphatic hydroxyl groups excluding tert-OH is 3. The first kappa shape index (κ1) is 27.1. The third-order valence-electron chi connectivity index (χ3n) is 12.2. The lowest BCUT2D eigenvalue weighted by Gasteiger charge is -2.66. The summed E-state index contributed by atoms with van der Waals surface area (Å²) >= 11 is 0. The van der Waals surface area contributed by atoms with Crippen molar-refractivity contribution in [2.75, 3.05) is 6.61 Å². The third kappa shape index (κ3) is 3.65. The van der Waals surface area contributed by atoms with Gasteiger partial charge in [-0.15, -0.1) is 0 Å². The van der Waals surface area contributed by atoms with Crippen LogP contribution >= 0.6 is 0 Å². The van der Waals surface area contributed by atoms with Gasteiger partial charge < -0.3 is 39.7 Å². The molecule has 0 bridgehead atoms. The second-order valence-electron chi connectivity index (χ2n) is 13.7. The first-order valence-corrected chi connectivity index (χ1v) is 14.5. The summed E-state index contributed by atoms with van der Waals surface area (Å²) in [6, 6.07) is 0. The van der Waals surface area contributed by atoms with Gasteiger partial charge in [0.15, 0.2) is 6.29 Å². The summed E-state index contributed by atoms with van der Waals surface area (Å²) in [5.41, 5.74) is -1.51. The molecule has 38 heavy (non-hydrogen) atoms. The van der Waals surface area contributed by atoms with Crippen LogP contribution in [0, 0.1) is 28.6 Å². The van der Waals surface area contributed by atoms with E-state index in [1.54, 1.807) is 13.0 Å². The molecule has 0 aromatic carbocycles. The highest BCUT2D eigenvalue weighted by atomic mass is 16.7. The van der Waals surface area contributed by atoms with Gasteiger partial charge in [0.25, 0.3) is 0 Å². The fourth-order valence-electron chi connectivity index (χ4n) is 9.80. The molecular formula is C29H44O9. The van der Waals surface area contributed by atoms with Crippen molar-refractivity contribution in [2.45, 2.75) is 127 Å². The minimum absolute atomic E-state index is 0.0774. The lowest BCUT2D eigenvalue weighted by molar-refractivity contribution is -0.319. The number of fused-ring (bicyclic) bond motifs is 5. The van der Waals surface area contributed by atoms with Crippen LogP contribution in [0.3, 0.4) is 0 Å². The Hall–Kier alpha value is -1.07. The van der Waals surface area contributed by atoms with Crippen molar-refractivity contribution < 1.29 is 44.5 Å². The van der Waals surface area contributed by atoms with Crippen LogP contribution in [0.4, 0.5) is 0 Å². The summed E-state index contributed by atoms with van der Waals surface area (Å²) in [7, 11) is 0. The zero-order chi connectivity index (χ0) is 27.3. The molecule has 0 radical (unpaired) electrons. The van der Waals surface area contributed by atoms with Crippen molar-refractivity contribution >= 4 is 5.97 Å². The predicted octanol–water partition coefficient (Wildman–Crippen LogP) is 1.57. The van der Waals surface area contributed by atoms with Gasteiger partial charge in [0.1, 0.15) is 24.9 Å². The minimum Gasteiger partial charge on any atom is -0.458 e. The third-order valence-corrected chi connectivity index (χ3v) is 12.2. The maximum absolute atomic E-state index is 12.4. The fraction of sp³-hybridized carbons (Fsp3) is 0.897. The fourth-order valence-corrected chi connectivity index (χ4v) is 9.80. The van der Waals surface area contributed by atoms with E-state index >= 15 is 0 Å². The number of rotatable bonds is 3. The number of carbonyl (C=O) groups is 1. The molecule has 3 unspecified atom stereocenters. The van der Waals surface area contributed by atoms with E-state index in [1.165, 1.54) is 0 Å². The minimum atomic E-state index is -1.36. The number of ether oxygens (including phenoxy) is 3. The highest BCUT2D eigenvalue weighted by Crippen LogP contribution is 2.70. The highest BCUT2D eigenvalue weighted by molar-refractivity contribution is 5.85. The molecule has 1 saturated heterocycles. The molecule has 2 aliphatic heterocycles. The number of hydrogen-bond donors (Lipinski definition) is 5. The molecule has 4 saturated carbocycles. The van der Waals surface area contributed by atoms with Crippen LogP contribution in [0.25, 0.3) is 0 Å². The van der Waals surface area contributed by atoms with Crippen molar-refractivity contribution in [3.63, 3.8) is 0 Å². The Morgan fingerprint density at radius 1 is 0.895 bits per heavy atom. The normalized spacial score (nSPS) is 56.5. The number of esters is 1. The molecule has 6 rings (SSSR count). The van der Waals surface area contributed by atoms with E-state index in [0.29, 0.717) is 32.3 Å². The molecule has 0 amide bonds. The van der Waals surface area contributed by atoms with Gasteiger partial charge in [-0.3, -0.25) is 0 Å². The quantitative estimate of drug-likeness (QED) is 0.268. The Labute approximate surface area is 224 Å². The Morgan fingerprint density at radius 3 is 2.32 bits per heavy atom. The molecule has 13 atom stereocenters. The largest absolute Gasteiger partial charge is 0.458 e. The lowest BCUT2D eigenvalue weighted by Crippen LogP contribution is -2.67. The van der Waals surface area contributed by atoms with E-state index in [9.17, 15) is 30.3 Å². The monoisotopic (exact) mass is 536 g/mol. The van der Waals surface area contributed by atoms with Gasteiger partial charge in [-0.1, -0.05) is 13.8 Å². The van der Waals surface area contributed by atoms with Crippen molar-refractivity contribution in [3.8, 4) is 0 Å². The van der Waals surface area contributed by atoms with Gasteiger partial charge in [0, 0.05) is 17.9 Å². The average molecular weight is 537 g/mol. The van der Waals surface area contributed by atoms with Gasteiger partial charge in [-0.2, -0.15) is 0 Å². The molecule has 9 nitrogen and oxygen atoms in total. The first-order chi connectivity index (χ1) is 17.8. The summed E-state index contributed by atoms with van der Waals surface area (Å²) in [5, 5.41) is 55.1. The number of aliphatic hydroxyl groups is 5. The number of cyclic esters (lactones) is 1. The van der Waals surface area contributed by atoms with Crippen LogP contribution in [-0.2, 0) is 19.0 Å². The molecule has 9 heteroatoms. The maximum atomic E-state index is 12.4. The topological polar surface area (TPSA) is 146 Å². The first-order valence-electron chi connectivity index (χ1n) is 14.5. The average Bonchev–Trinajstić information content (AvgIpc) is 3.41. The van der Waals surface area contributed by atoms with Crippen molar-refractivity contribution in [2.24, 2.45) is 28.6 Å². The molecule has 214 valence electrons. The maximum Gasteiger partial charge on any atom is 0.331 e. The van der Waals surface area contributed by atoms with Crippen molar-refractivity contribution in [3.05, 3.63) is 11.6 Å². The molecule has 6 aliphatic rings. The van der Waals surface area contributed by atoms with Gasteiger partial charge in [0.2, 0.25) is 0 Å². The van der Waals surface area contributed by atoms with Gasteiger partial charge in [-0.05, 0) is 87.0 Å². The van der Waals surface area contributed by atoms with E-state index < -0.39 is 41.9 Å². The Kier molecular flexibility index (Phi) is 6.40. The standard InChI is InChI=1S/C29H44O9/c1-15-22(31)23(32)24(33)25(37-15)38-17-4-8-26(2)19-5-9-27(3)18(16-12-21(30)36-14-16)7-11-29(27,35)20(19)6-10-28(26,34)13-17/h12,15,17-20,22-25,31-35H,4-11,13-14H2,1-3H3/t15-,17+,18?,19?,20?,22-,23-,24-,25+,26-,27-,28+,29+/m1/s1. The van der Waals surface area contributed by atoms with Gasteiger partial charge >= 0.3 is 5.97 Å². The molecule has 2 heterocycles. The van der Waals surface area contributed by atoms with E-state index in [2.05, 4.69) is 13.8 Å². The molecule has 0 aromatic heterocycles. The zero-order valence-corrected chi connectivity index (χ0v) is 22.7. The van der Waals surface area contributed by atoms with Crippen LogP contribution in [0.1, 0.15) is 78.6 Å². The van der Waals surface area contributed by atoms with E-state index in [-0.39, 0.29) is 40.7 Å². The summed E-state index contributed by atoms with van der Waals surface area (Å²) in [6.07, 6.45) is 2.01. The van der Waals surface area contributed by atoms with Crippen molar-refractivity contribution in [1.29, 1.82) is 0 Å². The molecule has 5 N–H and O–H groups in total. The lowest BCUT2D eigenvalue weighted by atomic mass is 9.42. The Morgan fingerprint density at radius 2 is 1.61 bits per heavy atom. The summed E-state index contributed by atoms with van der Waals surface area (Å²) in [4.78, 5) is 11.8. The van der Waals surface area contributed by atoms with E-state index in [1.807, 2.05) is 0 Å². The smallest absolute Gasteiger partial charge is 0.331 e. The molecule has 0 spiro atoms. The molecule has 0 aromatic rings. The SMILES string of the molecule is C[C@H]1O[C@@H](O[C@H]2CC[C@]3(C)C4CC[C@]5(C)C(C6=CC(=O)OC6)CC[C@]5(O)C4CC[C@]3(O)C2)[C@H](O)[C@H](O)[C@@H]1O. The van der Waals surface area contributed by atoms with Gasteiger partial charge in [0.05, 0.1) is 23.4 Å². The zero-order valence-electron chi connectivity index (χ0n) is 22.7. The number of hydrogen-bond acceptors (Lipinski definition) is 9. The Balaban J connectivity index is 1.19. The van der Waals surface area contributed by atoms with Gasteiger partial charge in [-0.25, -0.2) is 4.79 Å². The van der Waals surface area contributed by atoms with E-state index in [0.717, 1.165) is 37.7 Å². The van der Waals surface area contributed by atoms with Crippen LogP contribution in [-0.4, -0.2) is 86.1 Å². The van der Waals surface area contributed by atoms with Crippen LogP contribution in [0.2, 0.25) is 0 Å². The predicted molar refractivity (Wildman–Crippen MR) is 134 cm³/mol. The number of carbonyl (C=O) groups excluding carboxylic acids is 1. The Bertz CT molecular complexity index is 1000. The molecular weight excluding hydrogens is 492 g/mol.